The first-order valence-electron chi connectivity index (χ1n) is 6.50. The molecule has 0 heterocycles. The first kappa shape index (κ1) is 13.5. The van der Waals surface area contributed by atoms with E-state index in [9.17, 15) is 4.39 Å². The predicted molar refractivity (Wildman–Crippen MR) is 75.4 cm³/mol. The summed E-state index contributed by atoms with van der Waals surface area (Å²) < 4.78 is 13.2. The highest BCUT2D eigenvalue weighted by atomic mass is 35.5. The number of nitrogens with one attached hydrogen (secondary N) is 1. The third-order valence-electron chi connectivity index (χ3n) is 4.14. The molecule has 1 aromatic carbocycles. The van der Waals surface area contributed by atoms with Crippen molar-refractivity contribution >= 4 is 23.0 Å². The molecule has 1 aliphatic carbocycles. The number of hydrogen-bond acceptors (Lipinski definition) is 2. The van der Waals surface area contributed by atoms with Gasteiger partial charge >= 0.3 is 0 Å². The molecule has 0 spiro atoms. The molecule has 3 unspecified atom stereocenters. The highest BCUT2D eigenvalue weighted by Crippen LogP contribution is 2.34. The van der Waals surface area contributed by atoms with E-state index >= 15 is 0 Å². The van der Waals surface area contributed by atoms with Gasteiger partial charge in [0.2, 0.25) is 0 Å². The largest absolute Gasteiger partial charge is 0.397 e. The zero-order valence-corrected chi connectivity index (χ0v) is 11.6. The lowest BCUT2D eigenvalue weighted by molar-refractivity contribution is 0.253. The van der Waals surface area contributed by atoms with E-state index in [0.717, 1.165) is 12.1 Å². The minimum absolute atomic E-state index is 0.114. The fraction of sp³-hybridized carbons (Fsp3) is 0.571. The van der Waals surface area contributed by atoms with Gasteiger partial charge < -0.3 is 11.1 Å². The van der Waals surface area contributed by atoms with Crippen molar-refractivity contribution in [2.75, 3.05) is 11.1 Å². The van der Waals surface area contributed by atoms with Gasteiger partial charge in [0.05, 0.1) is 16.4 Å². The lowest BCUT2D eigenvalue weighted by atomic mass is 9.78. The molecule has 1 fully saturated rings. The van der Waals surface area contributed by atoms with Gasteiger partial charge in [-0.15, -0.1) is 0 Å². The summed E-state index contributed by atoms with van der Waals surface area (Å²) in [6.45, 7) is 4.53. The highest BCUT2D eigenvalue weighted by molar-refractivity contribution is 6.31. The van der Waals surface area contributed by atoms with Gasteiger partial charge in [0.15, 0.2) is 0 Å². The molecule has 0 saturated heterocycles. The number of anilines is 2. The SMILES string of the molecule is CC1CCCC(Nc2cc(Cl)c(F)cc2N)C1C. The van der Waals surface area contributed by atoms with Gasteiger partial charge in [0.1, 0.15) is 5.82 Å². The van der Waals surface area contributed by atoms with Crippen LogP contribution < -0.4 is 11.1 Å². The van der Waals surface area contributed by atoms with E-state index in [0.29, 0.717) is 23.6 Å². The quantitative estimate of drug-likeness (QED) is 0.787. The molecule has 0 aliphatic heterocycles. The number of nitrogen functional groups attached to an aromatic ring is 1. The molecule has 2 rings (SSSR count). The van der Waals surface area contributed by atoms with Gasteiger partial charge in [-0.1, -0.05) is 38.3 Å². The van der Waals surface area contributed by atoms with Gasteiger partial charge in [0, 0.05) is 12.1 Å². The van der Waals surface area contributed by atoms with E-state index < -0.39 is 5.82 Å². The zero-order valence-electron chi connectivity index (χ0n) is 10.8. The summed E-state index contributed by atoms with van der Waals surface area (Å²) in [6, 6.07) is 3.25. The Bertz CT molecular complexity index is 436. The summed E-state index contributed by atoms with van der Waals surface area (Å²) in [6.07, 6.45) is 3.62. The summed E-state index contributed by atoms with van der Waals surface area (Å²) in [5.74, 6) is 0.820. The van der Waals surface area contributed by atoms with Crippen LogP contribution in [0.2, 0.25) is 5.02 Å². The van der Waals surface area contributed by atoms with Crippen molar-refractivity contribution < 1.29 is 4.39 Å². The zero-order chi connectivity index (χ0) is 13.3. The van der Waals surface area contributed by atoms with Gasteiger partial charge in [-0.3, -0.25) is 0 Å². The molecule has 18 heavy (non-hydrogen) atoms. The van der Waals surface area contributed by atoms with Crippen LogP contribution in [0.25, 0.3) is 0 Å². The van der Waals surface area contributed by atoms with Gasteiger partial charge in [-0.2, -0.15) is 0 Å². The second-order valence-corrected chi connectivity index (χ2v) is 5.78. The van der Waals surface area contributed by atoms with E-state index in [1.807, 2.05) is 0 Å². The summed E-state index contributed by atoms with van der Waals surface area (Å²) in [4.78, 5) is 0. The van der Waals surface area contributed by atoms with Crippen LogP contribution in [0, 0.1) is 17.7 Å². The fourth-order valence-electron chi connectivity index (χ4n) is 2.67. The van der Waals surface area contributed by atoms with Crippen molar-refractivity contribution in [1.29, 1.82) is 0 Å². The van der Waals surface area contributed by atoms with Crippen molar-refractivity contribution in [2.24, 2.45) is 11.8 Å². The smallest absolute Gasteiger partial charge is 0.143 e. The lowest BCUT2D eigenvalue weighted by Gasteiger charge is -2.35. The lowest BCUT2D eigenvalue weighted by Crippen LogP contribution is -2.35. The van der Waals surface area contributed by atoms with E-state index in [1.54, 1.807) is 6.07 Å². The van der Waals surface area contributed by atoms with Crippen LogP contribution in [0.15, 0.2) is 12.1 Å². The van der Waals surface area contributed by atoms with Gasteiger partial charge in [0.25, 0.3) is 0 Å². The van der Waals surface area contributed by atoms with Crippen molar-refractivity contribution in [3.8, 4) is 0 Å². The summed E-state index contributed by atoms with van der Waals surface area (Å²) in [7, 11) is 0. The third-order valence-corrected chi connectivity index (χ3v) is 4.43. The number of nitrogens with two attached hydrogens (primary N) is 1. The van der Waals surface area contributed by atoms with E-state index in [-0.39, 0.29) is 5.02 Å². The Morgan fingerprint density at radius 1 is 1.33 bits per heavy atom. The highest BCUT2D eigenvalue weighted by Gasteiger charge is 2.27. The second-order valence-electron chi connectivity index (χ2n) is 5.37. The van der Waals surface area contributed by atoms with Crippen molar-refractivity contribution in [3.63, 3.8) is 0 Å². The molecule has 3 N–H and O–H groups in total. The Morgan fingerprint density at radius 3 is 2.78 bits per heavy atom. The Balaban J connectivity index is 2.16. The monoisotopic (exact) mass is 270 g/mol. The molecule has 1 aliphatic rings. The minimum atomic E-state index is -0.468. The third kappa shape index (κ3) is 2.72. The molecule has 1 aromatic rings. The molecule has 0 amide bonds. The predicted octanol–water partition coefficient (Wildman–Crippen LogP) is 4.30. The van der Waals surface area contributed by atoms with Crippen LogP contribution in [0.1, 0.15) is 33.1 Å². The van der Waals surface area contributed by atoms with Gasteiger partial charge in [-0.25, -0.2) is 4.39 Å². The van der Waals surface area contributed by atoms with Crippen LogP contribution in [0.3, 0.4) is 0 Å². The molecular formula is C14H20ClFN2. The number of benzene rings is 1. The average Bonchev–Trinajstić information content (AvgIpc) is 2.32. The number of rotatable bonds is 2. The van der Waals surface area contributed by atoms with Crippen LogP contribution in [0.4, 0.5) is 15.8 Å². The second kappa shape index (κ2) is 5.35. The van der Waals surface area contributed by atoms with Crippen LogP contribution in [0.5, 0.6) is 0 Å². The Kier molecular flexibility index (Phi) is 4.00. The molecule has 0 radical (unpaired) electrons. The summed E-state index contributed by atoms with van der Waals surface area (Å²) in [5, 5.41) is 3.54. The maximum absolute atomic E-state index is 13.2. The molecule has 100 valence electrons. The minimum Gasteiger partial charge on any atom is -0.397 e. The van der Waals surface area contributed by atoms with Crippen molar-refractivity contribution in [1.82, 2.24) is 0 Å². The standard InChI is InChI=1S/C14H20ClFN2/c1-8-4-3-5-13(9(8)2)18-14-6-10(15)11(16)7-12(14)17/h6-9,13,18H,3-5,17H2,1-2H3. The molecule has 0 bridgehead atoms. The Hall–Kier alpha value is -0.960. The van der Waals surface area contributed by atoms with Gasteiger partial charge in [-0.05, 0) is 24.3 Å². The molecule has 1 saturated carbocycles. The maximum Gasteiger partial charge on any atom is 0.143 e. The number of hydrogen-bond donors (Lipinski definition) is 2. The van der Waals surface area contributed by atoms with Crippen LogP contribution in [-0.4, -0.2) is 6.04 Å². The van der Waals surface area contributed by atoms with Crippen molar-refractivity contribution in [3.05, 3.63) is 23.0 Å². The molecule has 0 aromatic heterocycles. The molecule has 4 heteroatoms. The van der Waals surface area contributed by atoms with E-state index in [2.05, 4.69) is 19.2 Å². The maximum atomic E-state index is 13.2. The molecule has 3 atom stereocenters. The summed E-state index contributed by atoms with van der Waals surface area (Å²) in [5.41, 5.74) is 6.99. The molecular weight excluding hydrogens is 251 g/mol. The normalized spacial score (nSPS) is 28.1. The number of halogens is 2. The summed E-state index contributed by atoms with van der Waals surface area (Å²) >= 11 is 5.80. The van der Waals surface area contributed by atoms with Crippen LogP contribution >= 0.6 is 11.6 Å². The topological polar surface area (TPSA) is 38.0 Å². The Labute approximate surface area is 113 Å². The van der Waals surface area contributed by atoms with Crippen LogP contribution in [-0.2, 0) is 0 Å². The van der Waals surface area contributed by atoms with E-state index in [1.165, 1.54) is 18.9 Å². The van der Waals surface area contributed by atoms with E-state index in [4.69, 9.17) is 17.3 Å². The first-order chi connectivity index (χ1) is 8.49. The Morgan fingerprint density at radius 2 is 2.06 bits per heavy atom. The molecule has 2 nitrogen and oxygen atoms in total. The first-order valence-corrected chi connectivity index (χ1v) is 6.88. The average molecular weight is 271 g/mol. The van der Waals surface area contributed by atoms with Crippen molar-refractivity contribution in [2.45, 2.75) is 39.2 Å². The fourth-order valence-corrected chi connectivity index (χ4v) is 2.84.